The molecule has 1 unspecified atom stereocenters. The molecule has 4 heterocycles. The molecule has 2 N–H and O–H groups in total. The molecule has 0 saturated carbocycles. The molecule has 1 aromatic carbocycles. The highest BCUT2D eigenvalue weighted by Gasteiger charge is 2.32. The number of ether oxygens (including phenoxy) is 1. The summed E-state index contributed by atoms with van der Waals surface area (Å²) in [7, 11) is -3.38. The number of aliphatic hydroxyl groups is 1. The number of aliphatic hydroxyl groups excluding tert-OH is 1. The maximum atomic E-state index is 14.9. The molecular weight excluding hydrogens is 487 g/mol. The lowest BCUT2D eigenvalue weighted by Crippen LogP contribution is -2.51. The average molecular weight is 511 g/mol. The van der Waals surface area contributed by atoms with Gasteiger partial charge >= 0.3 is 0 Å². The first kappa shape index (κ1) is 23.4. The fourth-order valence-corrected chi connectivity index (χ4v) is 5.50. The molecule has 0 radical (unpaired) electrons. The summed E-state index contributed by atoms with van der Waals surface area (Å²) in [6, 6.07) is 2.76. The van der Waals surface area contributed by atoms with Crippen LogP contribution < -0.4 is 5.32 Å². The van der Waals surface area contributed by atoms with Crippen LogP contribution in [0.1, 0.15) is 18.9 Å². The van der Waals surface area contributed by atoms with Gasteiger partial charge < -0.3 is 19.7 Å². The number of hydrogen-bond acceptors (Lipinski definition) is 8. The molecule has 182 valence electrons. The van der Waals surface area contributed by atoms with Crippen molar-refractivity contribution in [3.05, 3.63) is 35.5 Å². The Hall–Kier alpha value is -2.38. The number of rotatable bonds is 5. The van der Waals surface area contributed by atoms with Gasteiger partial charge in [-0.05, 0) is 25.0 Å². The number of hydrogen-bond donors (Lipinski definition) is 2. The van der Waals surface area contributed by atoms with Gasteiger partial charge in [0.15, 0.2) is 5.82 Å². The number of fused-ring (bicyclic) bond motifs is 1. The second-order valence-electron chi connectivity index (χ2n) is 8.61. The highest BCUT2D eigenvalue weighted by Crippen LogP contribution is 2.33. The first-order valence-corrected chi connectivity index (χ1v) is 13.1. The van der Waals surface area contributed by atoms with Crippen molar-refractivity contribution in [1.82, 2.24) is 23.8 Å². The SMILES string of the molecule is CS(=O)(=O)N1CC[C@@H](Nc2ncc(Cl)c(-c3cc(F)c4ncn(C5CCOC5)c4c3)n2)[C@H](O)C1. The lowest BCUT2D eigenvalue weighted by atomic mass is 10.0. The average Bonchev–Trinajstić information content (AvgIpc) is 3.45. The van der Waals surface area contributed by atoms with Gasteiger partial charge in [0.2, 0.25) is 16.0 Å². The minimum atomic E-state index is -3.38. The molecule has 0 spiro atoms. The minimum absolute atomic E-state index is 0.0201. The number of imidazole rings is 1. The summed E-state index contributed by atoms with van der Waals surface area (Å²) in [6.45, 7) is 1.44. The largest absolute Gasteiger partial charge is 0.390 e. The molecule has 13 heteroatoms. The summed E-state index contributed by atoms with van der Waals surface area (Å²) < 4.78 is 47.1. The van der Waals surface area contributed by atoms with Crippen molar-refractivity contribution in [2.45, 2.75) is 31.0 Å². The lowest BCUT2D eigenvalue weighted by Gasteiger charge is -2.34. The molecule has 5 rings (SSSR count). The van der Waals surface area contributed by atoms with Gasteiger partial charge in [0.1, 0.15) is 5.52 Å². The van der Waals surface area contributed by atoms with Crippen LogP contribution in [0.3, 0.4) is 0 Å². The zero-order valence-corrected chi connectivity index (χ0v) is 19.9. The Bertz CT molecular complexity index is 1330. The van der Waals surface area contributed by atoms with Gasteiger partial charge in [-0.25, -0.2) is 27.8 Å². The molecule has 3 atom stereocenters. The number of β-amino-alcohol motifs (C(OH)–C–C–N with tert-alkyl or cyclic N) is 1. The summed E-state index contributed by atoms with van der Waals surface area (Å²) in [5.74, 6) is -0.285. The summed E-state index contributed by atoms with van der Waals surface area (Å²) in [6.07, 6.45) is 4.40. The molecule has 10 nitrogen and oxygen atoms in total. The van der Waals surface area contributed by atoms with E-state index >= 15 is 0 Å². The minimum Gasteiger partial charge on any atom is -0.390 e. The topological polar surface area (TPSA) is 122 Å². The number of nitrogens with one attached hydrogen (secondary N) is 1. The Morgan fingerprint density at radius 1 is 1.29 bits per heavy atom. The van der Waals surface area contributed by atoms with Crippen LogP contribution in [-0.2, 0) is 14.8 Å². The summed E-state index contributed by atoms with van der Waals surface area (Å²) in [5.41, 5.74) is 1.69. The number of sulfonamides is 1. The number of aromatic nitrogens is 4. The van der Waals surface area contributed by atoms with Gasteiger partial charge in [-0.3, -0.25) is 0 Å². The van der Waals surface area contributed by atoms with E-state index in [1.54, 1.807) is 12.4 Å². The predicted octanol–water partition coefficient (Wildman–Crippen LogP) is 2.05. The molecule has 2 saturated heterocycles. The highest BCUT2D eigenvalue weighted by atomic mass is 35.5. The number of anilines is 1. The van der Waals surface area contributed by atoms with Gasteiger partial charge in [0.05, 0.1) is 59.8 Å². The number of halogens is 2. The molecule has 3 aromatic rings. The van der Waals surface area contributed by atoms with E-state index in [-0.39, 0.29) is 35.6 Å². The third kappa shape index (κ3) is 4.48. The second kappa shape index (κ2) is 9.00. The Kier molecular flexibility index (Phi) is 6.19. The van der Waals surface area contributed by atoms with E-state index < -0.39 is 28.0 Å². The Labute approximate surface area is 200 Å². The third-order valence-electron chi connectivity index (χ3n) is 6.28. The highest BCUT2D eigenvalue weighted by molar-refractivity contribution is 7.88. The van der Waals surface area contributed by atoms with Crippen molar-refractivity contribution in [3.63, 3.8) is 0 Å². The van der Waals surface area contributed by atoms with Crippen LogP contribution in [0.5, 0.6) is 0 Å². The number of piperidine rings is 1. The molecular formula is C21H24ClFN6O4S. The Morgan fingerprint density at radius 2 is 2.12 bits per heavy atom. The fraction of sp³-hybridized carbons (Fsp3) is 0.476. The van der Waals surface area contributed by atoms with Gasteiger partial charge in [-0.15, -0.1) is 0 Å². The van der Waals surface area contributed by atoms with Crippen molar-refractivity contribution in [3.8, 4) is 11.3 Å². The molecule has 2 aliphatic heterocycles. The van der Waals surface area contributed by atoms with E-state index in [2.05, 4.69) is 20.3 Å². The van der Waals surface area contributed by atoms with Gasteiger partial charge in [0, 0.05) is 25.3 Å². The normalized spacial score (nSPS) is 24.1. The first-order chi connectivity index (χ1) is 16.2. The van der Waals surface area contributed by atoms with E-state index in [0.29, 0.717) is 36.4 Å². The molecule has 34 heavy (non-hydrogen) atoms. The maximum Gasteiger partial charge on any atom is 0.223 e. The monoisotopic (exact) mass is 510 g/mol. The Balaban J connectivity index is 1.43. The summed E-state index contributed by atoms with van der Waals surface area (Å²) in [4.78, 5) is 12.9. The van der Waals surface area contributed by atoms with Crippen LogP contribution in [0.2, 0.25) is 5.02 Å². The summed E-state index contributed by atoms with van der Waals surface area (Å²) in [5, 5.41) is 13.8. The van der Waals surface area contributed by atoms with Crippen LogP contribution in [-0.4, -0.2) is 82.1 Å². The molecule has 2 fully saturated rings. The number of nitrogens with zero attached hydrogens (tertiary/aromatic N) is 5. The van der Waals surface area contributed by atoms with Crippen LogP contribution in [0.25, 0.3) is 22.3 Å². The zero-order valence-electron chi connectivity index (χ0n) is 18.4. The molecule has 0 aliphatic carbocycles. The quantitative estimate of drug-likeness (QED) is 0.534. The van der Waals surface area contributed by atoms with Crippen LogP contribution in [0.4, 0.5) is 10.3 Å². The lowest BCUT2D eigenvalue weighted by molar-refractivity contribution is 0.0950. The van der Waals surface area contributed by atoms with Crippen molar-refractivity contribution in [2.24, 2.45) is 0 Å². The van der Waals surface area contributed by atoms with E-state index in [1.807, 2.05) is 4.57 Å². The zero-order chi connectivity index (χ0) is 24.0. The van der Waals surface area contributed by atoms with E-state index in [0.717, 1.165) is 12.7 Å². The van der Waals surface area contributed by atoms with Gasteiger partial charge in [-0.1, -0.05) is 11.6 Å². The van der Waals surface area contributed by atoms with Crippen molar-refractivity contribution < 1.29 is 22.7 Å². The fourth-order valence-electron chi connectivity index (χ4n) is 4.44. The van der Waals surface area contributed by atoms with E-state index in [4.69, 9.17) is 16.3 Å². The third-order valence-corrected chi connectivity index (χ3v) is 7.82. The van der Waals surface area contributed by atoms with Crippen molar-refractivity contribution in [2.75, 3.05) is 37.9 Å². The summed E-state index contributed by atoms with van der Waals surface area (Å²) >= 11 is 6.38. The van der Waals surface area contributed by atoms with Gasteiger partial charge in [0.25, 0.3) is 0 Å². The van der Waals surface area contributed by atoms with Crippen molar-refractivity contribution >= 4 is 38.6 Å². The van der Waals surface area contributed by atoms with Crippen LogP contribution in [0.15, 0.2) is 24.7 Å². The molecule has 2 aromatic heterocycles. The Morgan fingerprint density at radius 3 is 2.82 bits per heavy atom. The second-order valence-corrected chi connectivity index (χ2v) is 11.0. The van der Waals surface area contributed by atoms with Crippen LogP contribution >= 0.6 is 11.6 Å². The molecule has 0 amide bonds. The maximum absolute atomic E-state index is 14.9. The standard InChI is InChI=1S/C21H24ClFN6O4S/c1-34(31,32)28-4-2-16(18(30)9-28)26-21-24-8-14(22)19(27-21)12-6-15(23)20-17(7-12)29(11-25-20)13-3-5-33-10-13/h6-8,11,13,16,18,30H,2-5,9-10H2,1H3,(H,24,26,27)/t13?,16-,18-/m1/s1. The molecule has 0 bridgehead atoms. The van der Waals surface area contributed by atoms with E-state index in [1.165, 1.54) is 16.6 Å². The molecule has 2 aliphatic rings. The predicted molar refractivity (Wildman–Crippen MR) is 125 cm³/mol. The number of benzene rings is 1. The van der Waals surface area contributed by atoms with E-state index in [9.17, 15) is 17.9 Å². The van der Waals surface area contributed by atoms with Crippen molar-refractivity contribution in [1.29, 1.82) is 0 Å². The van der Waals surface area contributed by atoms with Crippen LogP contribution in [0, 0.1) is 5.82 Å². The van der Waals surface area contributed by atoms with Gasteiger partial charge in [-0.2, -0.15) is 4.31 Å². The first-order valence-electron chi connectivity index (χ1n) is 10.9. The smallest absolute Gasteiger partial charge is 0.223 e.